The molecule has 0 radical (unpaired) electrons. The SMILES string of the molecule is N#CC(C(=O)c1ccc(F)cc1)c1cccc(Cl)c1. The first kappa shape index (κ1) is 13.3. The van der Waals surface area contributed by atoms with Crippen LogP contribution in [0.3, 0.4) is 0 Å². The molecule has 4 heteroatoms. The number of hydrogen-bond donors (Lipinski definition) is 0. The van der Waals surface area contributed by atoms with E-state index in [1.165, 1.54) is 24.3 Å². The van der Waals surface area contributed by atoms with Gasteiger partial charge in [-0.1, -0.05) is 23.7 Å². The Labute approximate surface area is 115 Å². The number of nitrogens with zero attached hydrogens (tertiary/aromatic N) is 1. The first-order chi connectivity index (χ1) is 9.11. The minimum absolute atomic E-state index is 0.299. The normalized spacial score (nSPS) is 11.6. The van der Waals surface area contributed by atoms with Crippen molar-refractivity contribution < 1.29 is 9.18 Å². The topological polar surface area (TPSA) is 40.9 Å². The molecule has 2 nitrogen and oxygen atoms in total. The molecule has 1 unspecified atom stereocenters. The Bertz CT molecular complexity index is 646. The summed E-state index contributed by atoms with van der Waals surface area (Å²) in [5, 5.41) is 9.63. The lowest BCUT2D eigenvalue weighted by Crippen LogP contribution is -2.11. The summed E-state index contributed by atoms with van der Waals surface area (Å²) in [5.74, 6) is -1.73. The van der Waals surface area contributed by atoms with Crippen molar-refractivity contribution in [2.45, 2.75) is 5.92 Å². The molecular weight excluding hydrogens is 265 g/mol. The number of rotatable bonds is 3. The molecule has 0 aliphatic heterocycles. The largest absolute Gasteiger partial charge is 0.292 e. The van der Waals surface area contributed by atoms with Gasteiger partial charge in [-0.15, -0.1) is 0 Å². The monoisotopic (exact) mass is 273 g/mol. The second kappa shape index (κ2) is 5.64. The second-order valence-corrected chi connectivity index (χ2v) is 4.42. The second-order valence-electron chi connectivity index (χ2n) is 3.99. The van der Waals surface area contributed by atoms with Crippen molar-refractivity contribution in [1.82, 2.24) is 0 Å². The first-order valence-electron chi connectivity index (χ1n) is 5.56. The maximum absolute atomic E-state index is 12.8. The maximum atomic E-state index is 12.8. The van der Waals surface area contributed by atoms with E-state index in [0.29, 0.717) is 16.1 Å². The number of carbonyl (C=O) groups excluding carboxylic acids is 1. The average Bonchev–Trinajstić information content (AvgIpc) is 2.40. The number of benzene rings is 2. The van der Waals surface area contributed by atoms with Gasteiger partial charge in [0.15, 0.2) is 5.78 Å². The zero-order chi connectivity index (χ0) is 13.8. The Morgan fingerprint density at radius 2 is 1.89 bits per heavy atom. The lowest BCUT2D eigenvalue weighted by Gasteiger charge is -2.09. The van der Waals surface area contributed by atoms with Crippen LogP contribution in [0, 0.1) is 17.1 Å². The molecule has 0 N–H and O–H groups in total. The number of ketones is 1. The van der Waals surface area contributed by atoms with Crippen LogP contribution in [0.2, 0.25) is 5.02 Å². The molecule has 0 aliphatic carbocycles. The highest BCUT2D eigenvalue weighted by molar-refractivity contribution is 6.30. The van der Waals surface area contributed by atoms with Crippen LogP contribution in [0.15, 0.2) is 48.5 Å². The smallest absolute Gasteiger partial charge is 0.184 e. The molecule has 0 saturated heterocycles. The predicted molar refractivity (Wildman–Crippen MR) is 70.5 cm³/mol. The van der Waals surface area contributed by atoms with Gasteiger partial charge < -0.3 is 0 Å². The van der Waals surface area contributed by atoms with Gasteiger partial charge >= 0.3 is 0 Å². The molecule has 2 rings (SSSR count). The fourth-order valence-corrected chi connectivity index (χ4v) is 1.95. The summed E-state index contributed by atoms with van der Waals surface area (Å²) in [4.78, 5) is 12.2. The number of Topliss-reactive ketones (excluding diaryl/α,β-unsaturated/α-hetero) is 1. The zero-order valence-electron chi connectivity index (χ0n) is 9.81. The summed E-state index contributed by atoms with van der Waals surface area (Å²) in [5.41, 5.74) is 0.831. The van der Waals surface area contributed by atoms with Crippen molar-refractivity contribution >= 4 is 17.4 Å². The molecule has 0 fully saturated rings. The van der Waals surface area contributed by atoms with Crippen molar-refractivity contribution in [2.24, 2.45) is 0 Å². The molecule has 0 heterocycles. The molecule has 0 bridgehead atoms. The summed E-state index contributed by atoms with van der Waals surface area (Å²) in [6.45, 7) is 0. The van der Waals surface area contributed by atoms with Crippen LogP contribution in [0.5, 0.6) is 0 Å². The third kappa shape index (κ3) is 2.98. The van der Waals surface area contributed by atoms with Crippen molar-refractivity contribution in [3.8, 4) is 6.07 Å². The van der Waals surface area contributed by atoms with Crippen LogP contribution < -0.4 is 0 Å². The number of carbonyl (C=O) groups is 1. The number of nitriles is 1. The third-order valence-electron chi connectivity index (χ3n) is 2.70. The van der Waals surface area contributed by atoms with Crippen LogP contribution >= 0.6 is 11.6 Å². The molecule has 2 aromatic carbocycles. The summed E-state index contributed by atoms with van der Waals surface area (Å²) in [7, 11) is 0. The van der Waals surface area contributed by atoms with Crippen molar-refractivity contribution in [2.75, 3.05) is 0 Å². The van der Waals surface area contributed by atoms with Crippen molar-refractivity contribution in [1.29, 1.82) is 5.26 Å². The van der Waals surface area contributed by atoms with E-state index in [4.69, 9.17) is 16.9 Å². The summed E-state index contributed by atoms with van der Waals surface area (Å²) in [6, 6.07) is 13.7. The van der Waals surface area contributed by atoms with E-state index in [1.54, 1.807) is 24.3 Å². The molecular formula is C15H9ClFNO. The van der Waals surface area contributed by atoms with Crippen LogP contribution in [0.1, 0.15) is 21.8 Å². The van der Waals surface area contributed by atoms with E-state index in [-0.39, 0.29) is 5.78 Å². The Hall–Kier alpha value is -2.18. The van der Waals surface area contributed by atoms with Gasteiger partial charge in [-0.2, -0.15) is 5.26 Å². The van der Waals surface area contributed by atoms with Crippen molar-refractivity contribution in [3.05, 3.63) is 70.5 Å². The van der Waals surface area contributed by atoms with Gasteiger partial charge in [0.1, 0.15) is 11.7 Å². The summed E-state index contributed by atoms with van der Waals surface area (Å²) < 4.78 is 12.8. The highest BCUT2D eigenvalue weighted by Gasteiger charge is 2.21. The molecule has 2 aromatic rings. The van der Waals surface area contributed by atoms with Gasteiger partial charge in [-0.25, -0.2) is 4.39 Å². The highest BCUT2D eigenvalue weighted by Crippen LogP contribution is 2.23. The molecule has 19 heavy (non-hydrogen) atoms. The van der Waals surface area contributed by atoms with E-state index in [2.05, 4.69) is 0 Å². The number of halogens is 2. The Morgan fingerprint density at radius 1 is 1.21 bits per heavy atom. The fourth-order valence-electron chi connectivity index (χ4n) is 1.75. The molecule has 0 saturated carbocycles. The van der Waals surface area contributed by atoms with Gasteiger partial charge in [-0.05, 0) is 42.0 Å². The van der Waals surface area contributed by atoms with E-state index in [9.17, 15) is 9.18 Å². The maximum Gasteiger partial charge on any atom is 0.184 e. The lowest BCUT2D eigenvalue weighted by atomic mass is 9.92. The van der Waals surface area contributed by atoms with E-state index < -0.39 is 11.7 Å². The van der Waals surface area contributed by atoms with Crippen LogP contribution in [0.25, 0.3) is 0 Å². The van der Waals surface area contributed by atoms with E-state index in [1.807, 2.05) is 6.07 Å². The molecule has 0 aromatic heterocycles. The first-order valence-corrected chi connectivity index (χ1v) is 5.94. The molecule has 1 atom stereocenters. The van der Waals surface area contributed by atoms with Crippen molar-refractivity contribution in [3.63, 3.8) is 0 Å². The van der Waals surface area contributed by atoms with Crippen LogP contribution in [0.4, 0.5) is 4.39 Å². The molecule has 0 spiro atoms. The number of hydrogen-bond acceptors (Lipinski definition) is 2. The van der Waals surface area contributed by atoms with Gasteiger partial charge in [0.05, 0.1) is 6.07 Å². The van der Waals surface area contributed by atoms with Gasteiger partial charge in [0.25, 0.3) is 0 Å². The van der Waals surface area contributed by atoms with Crippen LogP contribution in [-0.4, -0.2) is 5.78 Å². The predicted octanol–water partition coefficient (Wildman–Crippen LogP) is 3.97. The van der Waals surface area contributed by atoms with Gasteiger partial charge in [0, 0.05) is 10.6 Å². The lowest BCUT2D eigenvalue weighted by molar-refractivity contribution is 0.0979. The van der Waals surface area contributed by atoms with E-state index in [0.717, 1.165) is 0 Å². The Balaban J connectivity index is 2.35. The Kier molecular flexibility index (Phi) is 3.94. The Morgan fingerprint density at radius 3 is 2.47 bits per heavy atom. The standard InChI is InChI=1S/C15H9ClFNO/c16-12-3-1-2-11(8-12)14(9-18)15(19)10-4-6-13(17)7-5-10/h1-8,14H. The minimum atomic E-state index is -0.941. The highest BCUT2D eigenvalue weighted by atomic mass is 35.5. The quantitative estimate of drug-likeness (QED) is 0.794. The summed E-state index contributed by atoms with van der Waals surface area (Å²) in [6.07, 6.45) is 0. The molecule has 94 valence electrons. The molecule has 0 aliphatic rings. The van der Waals surface area contributed by atoms with Gasteiger partial charge in [0.2, 0.25) is 0 Å². The average molecular weight is 274 g/mol. The minimum Gasteiger partial charge on any atom is -0.292 e. The van der Waals surface area contributed by atoms with Crippen LogP contribution in [-0.2, 0) is 0 Å². The van der Waals surface area contributed by atoms with E-state index >= 15 is 0 Å². The fraction of sp³-hybridized carbons (Fsp3) is 0.0667. The molecule has 0 amide bonds. The summed E-state index contributed by atoms with van der Waals surface area (Å²) >= 11 is 5.85. The third-order valence-corrected chi connectivity index (χ3v) is 2.94. The van der Waals surface area contributed by atoms with Gasteiger partial charge in [-0.3, -0.25) is 4.79 Å². The zero-order valence-corrected chi connectivity index (χ0v) is 10.6.